The molecule has 17 heavy (non-hydrogen) atoms. The molecule has 1 aromatic rings. The smallest absolute Gasteiger partial charge is 0.0750 e. The number of rotatable bonds is 5. The molecule has 0 fully saturated rings. The number of hydrogen-bond acceptors (Lipinski definition) is 2. The number of allylic oxidation sites excluding steroid dienone is 1. The van der Waals surface area contributed by atoms with Crippen LogP contribution in [0, 0.1) is 0 Å². The molecule has 1 heterocycles. The van der Waals surface area contributed by atoms with Crippen molar-refractivity contribution in [2.75, 3.05) is 0 Å². The van der Waals surface area contributed by atoms with Gasteiger partial charge in [-0.15, -0.1) is 11.3 Å². The van der Waals surface area contributed by atoms with Crippen molar-refractivity contribution in [3.8, 4) is 0 Å². The van der Waals surface area contributed by atoms with E-state index < -0.39 is 0 Å². The summed E-state index contributed by atoms with van der Waals surface area (Å²) < 4.78 is 0. The Balaban J connectivity index is 1.72. The number of hydrogen-bond donors (Lipinski definition) is 1. The molecule has 0 bridgehead atoms. The lowest BCUT2D eigenvalue weighted by molar-refractivity contribution is 0.193. The molecule has 0 saturated carbocycles. The highest BCUT2D eigenvalue weighted by Gasteiger charge is 2.12. The van der Waals surface area contributed by atoms with Crippen LogP contribution >= 0.6 is 11.3 Å². The lowest BCUT2D eigenvalue weighted by atomic mass is 9.99. The van der Waals surface area contributed by atoms with E-state index in [0.717, 1.165) is 32.1 Å². The summed E-state index contributed by atoms with van der Waals surface area (Å²) in [6.45, 7) is 0. The van der Waals surface area contributed by atoms with Gasteiger partial charge < -0.3 is 5.11 Å². The number of aryl methyl sites for hydroxylation is 1. The van der Waals surface area contributed by atoms with Crippen LogP contribution in [-0.2, 0) is 6.42 Å². The van der Waals surface area contributed by atoms with E-state index in [2.05, 4.69) is 23.6 Å². The average Bonchev–Trinajstić information content (AvgIpc) is 2.69. The van der Waals surface area contributed by atoms with Crippen LogP contribution in [0.3, 0.4) is 0 Å². The summed E-state index contributed by atoms with van der Waals surface area (Å²) >= 11 is 1.82. The van der Waals surface area contributed by atoms with Crippen molar-refractivity contribution in [2.45, 2.75) is 57.5 Å². The van der Waals surface area contributed by atoms with Crippen LogP contribution in [-0.4, -0.2) is 11.2 Å². The summed E-state index contributed by atoms with van der Waals surface area (Å²) in [6.07, 6.45) is 11.4. The number of aliphatic hydroxyl groups excluding tert-OH is 1. The largest absolute Gasteiger partial charge is 0.389 e. The minimum atomic E-state index is -0.187. The van der Waals surface area contributed by atoms with Crippen molar-refractivity contribution in [3.05, 3.63) is 34.0 Å². The van der Waals surface area contributed by atoms with Gasteiger partial charge in [-0.05, 0) is 62.0 Å². The van der Waals surface area contributed by atoms with Gasteiger partial charge in [0.15, 0.2) is 0 Å². The standard InChI is InChI=1S/C15H22OS/c16-15(13-7-3-1-2-4-8-13)11-5-9-14-10-6-12-17-14/h6-7,10,12,15-16H,1-5,8-9,11H2. The van der Waals surface area contributed by atoms with Gasteiger partial charge in [-0.25, -0.2) is 0 Å². The molecule has 1 atom stereocenters. The zero-order valence-corrected chi connectivity index (χ0v) is 11.2. The van der Waals surface area contributed by atoms with Gasteiger partial charge in [0.1, 0.15) is 0 Å². The molecule has 0 saturated heterocycles. The van der Waals surface area contributed by atoms with E-state index in [0.29, 0.717) is 0 Å². The molecule has 1 aliphatic rings. The van der Waals surface area contributed by atoms with Crippen LogP contribution in [0.15, 0.2) is 29.2 Å². The van der Waals surface area contributed by atoms with E-state index in [1.807, 2.05) is 11.3 Å². The third-order valence-corrected chi connectivity index (χ3v) is 4.42. The van der Waals surface area contributed by atoms with E-state index in [1.165, 1.54) is 29.7 Å². The molecule has 2 rings (SSSR count). The molecule has 0 aliphatic heterocycles. The fourth-order valence-electron chi connectivity index (χ4n) is 2.45. The topological polar surface area (TPSA) is 20.2 Å². The third kappa shape index (κ3) is 4.29. The van der Waals surface area contributed by atoms with Crippen LogP contribution in [0.4, 0.5) is 0 Å². The summed E-state index contributed by atoms with van der Waals surface area (Å²) in [6, 6.07) is 4.28. The molecular formula is C15H22OS. The molecule has 1 aromatic heterocycles. The first-order valence-electron chi connectivity index (χ1n) is 6.75. The zero-order valence-electron chi connectivity index (χ0n) is 10.4. The normalized spacial score (nSPS) is 18.5. The van der Waals surface area contributed by atoms with Gasteiger partial charge in [0.05, 0.1) is 6.10 Å². The summed E-state index contributed by atoms with van der Waals surface area (Å²) in [5.74, 6) is 0. The summed E-state index contributed by atoms with van der Waals surface area (Å²) in [5.41, 5.74) is 1.30. The van der Waals surface area contributed by atoms with Gasteiger partial charge >= 0.3 is 0 Å². The Hall–Kier alpha value is -0.600. The van der Waals surface area contributed by atoms with Gasteiger partial charge in [-0.3, -0.25) is 0 Å². The molecule has 0 radical (unpaired) electrons. The maximum atomic E-state index is 10.2. The van der Waals surface area contributed by atoms with Crippen molar-refractivity contribution < 1.29 is 5.11 Å². The molecule has 0 amide bonds. The Bertz CT molecular complexity index is 340. The average molecular weight is 250 g/mol. The molecule has 0 spiro atoms. The third-order valence-electron chi connectivity index (χ3n) is 3.48. The van der Waals surface area contributed by atoms with Crippen LogP contribution < -0.4 is 0 Å². The van der Waals surface area contributed by atoms with E-state index in [4.69, 9.17) is 0 Å². The van der Waals surface area contributed by atoms with Crippen LogP contribution in [0.2, 0.25) is 0 Å². The van der Waals surface area contributed by atoms with Gasteiger partial charge in [0.2, 0.25) is 0 Å². The molecule has 1 N–H and O–H groups in total. The van der Waals surface area contributed by atoms with Crippen molar-refractivity contribution in [3.63, 3.8) is 0 Å². The van der Waals surface area contributed by atoms with Crippen LogP contribution in [0.1, 0.15) is 49.8 Å². The van der Waals surface area contributed by atoms with Crippen molar-refractivity contribution in [1.82, 2.24) is 0 Å². The first-order chi connectivity index (χ1) is 8.36. The lowest BCUT2D eigenvalue weighted by Gasteiger charge is -2.13. The molecule has 1 unspecified atom stereocenters. The molecule has 2 heteroatoms. The van der Waals surface area contributed by atoms with Gasteiger partial charge in [0.25, 0.3) is 0 Å². The second-order valence-electron chi connectivity index (χ2n) is 4.87. The van der Waals surface area contributed by atoms with Crippen molar-refractivity contribution >= 4 is 11.3 Å². The second-order valence-corrected chi connectivity index (χ2v) is 5.90. The van der Waals surface area contributed by atoms with Crippen molar-refractivity contribution in [2.24, 2.45) is 0 Å². The van der Waals surface area contributed by atoms with Gasteiger partial charge in [0, 0.05) is 4.88 Å². The Morgan fingerprint density at radius 1 is 1.29 bits per heavy atom. The maximum absolute atomic E-state index is 10.2. The maximum Gasteiger partial charge on any atom is 0.0750 e. The quantitative estimate of drug-likeness (QED) is 0.772. The fraction of sp³-hybridized carbons (Fsp3) is 0.600. The van der Waals surface area contributed by atoms with Crippen LogP contribution in [0.25, 0.3) is 0 Å². The first kappa shape index (κ1) is 12.8. The Morgan fingerprint density at radius 2 is 2.24 bits per heavy atom. The summed E-state index contributed by atoms with van der Waals surface area (Å²) in [4.78, 5) is 1.44. The SMILES string of the molecule is OC(CCCc1cccs1)C1=CCCCCC1. The summed E-state index contributed by atoms with van der Waals surface area (Å²) in [7, 11) is 0. The Morgan fingerprint density at radius 3 is 3.06 bits per heavy atom. The first-order valence-corrected chi connectivity index (χ1v) is 7.63. The highest BCUT2D eigenvalue weighted by molar-refractivity contribution is 7.09. The fourth-order valence-corrected chi connectivity index (χ4v) is 3.20. The Kier molecular flexibility index (Phi) is 5.27. The molecule has 0 aromatic carbocycles. The molecule has 1 aliphatic carbocycles. The monoisotopic (exact) mass is 250 g/mol. The van der Waals surface area contributed by atoms with Crippen molar-refractivity contribution in [1.29, 1.82) is 0 Å². The number of thiophene rings is 1. The highest BCUT2D eigenvalue weighted by Crippen LogP contribution is 2.23. The predicted molar refractivity (Wildman–Crippen MR) is 74.4 cm³/mol. The van der Waals surface area contributed by atoms with Gasteiger partial charge in [-0.2, -0.15) is 0 Å². The van der Waals surface area contributed by atoms with E-state index in [-0.39, 0.29) is 6.10 Å². The minimum Gasteiger partial charge on any atom is -0.389 e. The minimum absolute atomic E-state index is 0.187. The van der Waals surface area contributed by atoms with E-state index >= 15 is 0 Å². The highest BCUT2D eigenvalue weighted by atomic mass is 32.1. The second kappa shape index (κ2) is 6.97. The van der Waals surface area contributed by atoms with E-state index in [1.54, 1.807) is 0 Å². The lowest BCUT2D eigenvalue weighted by Crippen LogP contribution is -2.10. The van der Waals surface area contributed by atoms with E-state index in [9.17, 15) is 5.11 Å². The summed E-state index contributed by atoms with van der Waals surface area (Å²) in [5, 5.41) is 12.3. The molecular weight excluding hydrogens is 228 g/mol. The molecule has 94 valence electrons. The van der Waals surface area contributed by atoms with Crippen LogP contribution in [0.5, 0.6) is 0 Å². The van der Waals surface area contributed by atoms with Gasteiger partial charge in [-0.1, -0.05) is 18.6 Å². The predicted octanol–water partition coefficient (Wildman–Crippen LogP) is 4.32. The molecule has 1 nitrogen and oxygen atoms in total. The number of aliphatic hydroxyl groups is 1. The zero-order chi connectivity index (χ0) is 11.9. The Labute approximate surface area is 108 Å².